The Kier molecular flexibility index (Phi) is 4.22. The van der Waals surface area contributed by atoms with Crippen molar-refractivity contribution in [3.8, 4) is 5.75 Å². The number of benzene rings is 1. The van der Waals surface area contributed by atoms with E-state index in [2.05, 4.69) is 5.32 Å². The molecule has 2 aromatic heterocycles. The quantitative estimate of drug-likeness (QED) is 0.758. The molecule has 0 spiro atoms. The van der Waals surface area contributed by atoms with Crippen LogP contribution in [0.4, 0.5) is 0 Å². The second-order valence-corrected chi connectivity index (χ2v) is 6.46. The normalized spacial score (nSPS) is 14.9. The summed E-state index contributed by atoms with van der Waals surface area (Å²) in [6.45, 7) is 1.84. The van der Waals surface area contributed by atoms with Gasteiger partial charge in [0.2, 0.25) is 0 Å². The van der Waals surface area contributed by atoms with E-state index in [9.17, 15) is 4.79 Å². The zero-order valence-corrected chi connectivity index (χ0v) is 14.2. The third-order valence-electron chi connectivity index (χ3n) is 4.64. The largest absolute Gasteiger partial charge is 0.484 e. The number of rotatable bonds is 5. The lowest BCUT2D eigenvalue weighted by molar-refractivity contribution is -0.123. The summed E-state index contributed by atoms with van der Waals surface area (Å²) in [6.07, 6.45) is 6.03. The van der Waals surface area contributed by atoms with Crippen LogP contribution in [0.2, 0.25) is 0 Å². The number of fused-ring (bicyclic) bond motifs is 3. The van der Waals surface area contributed by atoms with Crippen LogP contribution in [-0.4, -0.2) is 12.5 Å². The molecule has 1 amide bonds. The maximum Gasteiger partial charge on any atom is 0.258 e. The van der Waals surface area contributed by atoms with Gasteiger partial charge in [-0.3, -0.25) is 4.79 Å². The molecule has 5 nitrogen and oxygen atoms in total. The highest BCUT2D eigenvalue weighted by Crippen LogP contribution is 2.33. The summed E-state index contributed by atoms with van der Waals surface area (Å²) in [5.41, 5.74) is 2.19. The fourth-order valence-electron chi connectivity index (χ4n) is 3.37. The highest BCUT2D eigenvalue weighted by molar-refractivity contribution is 5.84. The van der Waals surface area contributed by atoms with E-state index >= 15 is 0 Å². The van der Waals surface area contributed by atoms with Crippen LogP contribution in [0.3, 0.4) is 0 Å². The number of carbonyl (C=O) groups is 1. The number of amides is 1. The summed E-state index contributed by atoms with van der Waals surface area (Å²) in [4.78, 5) is 12.1. The molecule has 130 valence electrons. The number of ether oxygens (including phenoxy) is 1. The van der Waals surface area contributed by atoms with Crippen LogP contribution in [0.5, 0.6) is 5.75 Å². The van der Waals surface area contributed by atoms with E-state index in [1.165, 1.54) is 18.4 Å². The molecule has 3 aromatic rings. The second kappa shape index (κ2) is 6.67. The van der Waals surface area contributed by atoms with Gasteiger partial charge < -0.3 is 18.9 Å². The molecule has 2 heterocycles. The summed E-state index contributed by atoms with van der Waals surface area (Å²) < 4.78 is 16.9. The Bertz CT molecular complexity index is 879. The molecule has 1 aliphatic rings. The van der Waals surface area contributed by atoms with Crippen molar-refractivity contribution >= 4 is 16.9 Å². The van der Waals surface area contributed by atoms with Gasteiger partial charge in [0, 0.05) is 17.4 Å². The average Bonchev–Trinajstić information content (AvgIpc) is 3.27. The Labute approximate surface area is 145 Å². The first-order valence-corrected chi connectivity index (χ1v) is 8.70. The van der Waals surface area contributed by atoms with E-state index in [0.717, 1.165) is 35.3 Å². The van der Waals surface area contributed by atoms with Gasteiger partial charge in [-0.15, -0.1) is 0 Å². The predicted molar refractivity (Wildman–Crippen MR) is 93.6 cm³/mol. The lowest BCUT2D eigenvalue weighted by Crippen LogP contribution is -2.31. The molecule has 1 N–H and O–H groups in total. The van der Waals surface area contributed by atoms with E-state index in [1.54, 1.807) is 12.3 Å². The minimum atomic E-state index is -0.186. The molecule has 0 saturated carbocycles. The van der Waals surface area contributed by atoms with Crippen molar-refractivity contribution < 1.29 is 18.4 Å². The summed E-state index contributed by atoms with van der Waals surface area (Å²) >= 11 is 0. The van der Waals surface area contributed by atoms with Crippen LogP contribution in [-0.2, 0) is 17.6 Å². The van der Waals surface area contributed by atoms with E-state index in [0.29, 0.717) is 5.75 Å². The molecule has 0 saturated heterocycles. The van der Waals surface area contributed by atoms with Gasteiger partial charge in [-0.1, -0.05) is 0 Å². The lowest BCUT2D eigenvalue weighted by atomic mass is 9.96. The Balaban J connectivity index is 1.41. The van der Waals surface area contributed by atoms with Crippen LogP contribution in [0, 0.1) is 0 Å². The molecule has 1 aliphatic carbocycles. The molecule has 0 fully saturated rings. The molecule has 1 atom stereocenters. The molecule has 0 bridgehead atoms. The van der Waals surface area contributed by atoms with Crippen LogP contribution in [0.25, 0.3) is 11.0 Å². The Morgan fingerprint density at radius 3 is 3.00 bits per heavy atom. The van der Waals surface area contributed by atoms with Crippen molar-refractivity contribution in [2.75, 3.05) is 6.61 Å². The number of carbonyl (C=O) groups excluding carboxylic acids is 1. The van der Waals surface area contributed by atoms with Crippen molar-refractivity contribution in [1.29, 1.82) is 0 Å². The molecule has 0 aliphatic heterocycles. The SMILES string of the molecule is C[C@H](NC(=O)COc1ccc2oc3c(c2c1)CCCC3)c1ccco1. The van der Waals surface area contributed by atoms with E-state index in [4.69, 9.17) is 13.6 Å². The van der Waals surface area contributed by atoms with Crippen LogP contribution in [0.1, 0.15) is 42.9 Å². The minimum Gasteiger partial charge on any atom is -0.484 e. The van der Waals surface area contributed by atoms with Crippen molar-refractivity contribution in [2.24, 2.45) is 0 Å². The summed E-state index contributed by atoms with van der Waals surface area (Å²) in [7, 11) is 0. The number of hydrogen-bond donors (Lipinski definition) is 1. The number of furan rings is 2. The highest BCUT2D eigenvalue weighted by Gasteiger charge is 2.18. The van der Waals surface area contributed by atoms with Gasteiger partial charge >= 0.3 is 0 Å². The fourth-order valence-corrected chi connectivity index (χ4v) is 3.37. The van der Waals surface area contributed by atoms with Gasteiger partial charge in [-0.2, -0.15) is 0 Å². The average molecular weight is 339 g/mol. The van der Waals surface area contributed by atoms with Gasteiger partial charge in [0.25, 0.3) is 5.91 Å². The molecule has 4 rings (SSSR count). The zero-order chi connectivity index (χ0) is 17.2. The van der Waals surface area contributed by atoms with Crippen molar-refractivity contribution in [2.45, 2.75) is 38.6 Å². The first-order valence-electron chi connectivity index (χ1n) is 8.70. The minimum absolute atomic E-state index is 0.0312. The third-order valence-corrected chi connectivity index (χ3v) is 4.64. The van der Waals surface area contributed by atoms with Gasteiger partial charge in [0.05, 0.1) is 12.3 Å². The van der Waals surface area contributed by atoms with Crippen molar-refractivity contribution in [3.63, 3.8) is 0 Å². The van der Waals surface area contributed by atoms with E-state index < -0.39 is 0 Å². The molecular formula is C20H21NO4. The topological polar surface area (TPSA) is 64.6 Å². The second-order valence-electron chi connectivity index (χ2n) is 6.46. The molecule has 0 radical (unpaired) electrons. The zero-order valence-electron chi connectivity index (χ0n) is 14.2. The number of hydrogen-bond acceptors (Lipinski definition) is 4. The Hall–Kier alpha value is -2.69. The Morgan fingerprint density at radius 2 is 2.16 bits per heavy atom. The number of aryl methyl sites for hydroxylation is 2. The molecule has 0 unspecified atom stereocenters. The first-order chi connectivity index (χ1) is 12.2. The van der Waals surface area contributed by atoms with Crippen molar-refractivity contribution in [3.05, 3.63) is 53.7 Å². The molecule has 1 aromatic carbocycles. The molecule has 5 heteroatoms. The van der Waals surface area contributed by atoms with Crippen molar-refractivity contribution in [1.82, 2.24) is 5.32 Å². The maximum absolute atomic E-state index is 12.1. The van der Waals surface area contributed by atoms with E-state index in [1.807, 2.05) is 31.2 Å². The summed E-state index contributed by atoms with van der Waals surface area (Å²) in [5, 5.41) is 3.97. The Morgan fingerprint density at radius 1 is 1.28 bits per heavy atom. The van der Waals surface area contributed by atoms with Crippen LogP contribution >= 0.6 is 0 Å². The summed E-state index contributed by atoms with van der Waals surface area (Å²) in [6, 6.07) is 9.20. The van der Waals surface area contributed by atoms with Gasteiger partial charge in [0.1, 0.15) is 22.9 Å². The summed E-state index contributed by atoms with van der Waals surface area (Å²) in [5.74, 6) is 2.32. The monoisotopic (exact) mass is 339 g/mol. The van der Waals surface area contributed by atoms with Gasteiger partial charge in [-0.05, 0) is 56.5 Å². The standard InChI is InChI=1S/C20H21NO4/c1-13(17-7-4-10-23-17)21-20(22)12-24-14-8-9-19-16(11-14)15-5-2-3-6-18(15)25-19/h4,7-11,13H,2-3,5-6,12H2,1H3,(H,21,22)/t13-/m0/s1. The highest BCUT2D eigenvalue weighted by atomic mass is 16.5. The number of nitrogens with one attached hydrogen (secondary N) is 1. The molecular weight excluding hydrogens is 318 g/mol. The lowest BCUT2D eigenvalue weighted by Gasteiger charge is -2.12. The van der Waals surface area contributed by atoms with E-state index in [-0.39, 0.29) is 18.6 Å². The van der Waals surface area contributed by atoms with Gasteiger partial charge in [0.15, 0.2) is 6.61 Å². The van der Waals surface area contributed by atoms with Gasteiger partial charge in [-0.25, -0.2) is 0 Å². The van der Waals surface area contributed by atoms with Crippen LogP contribution < -0.4 is 10.1 Å². The fraction of sp³-hybridized carbons (Fsp3) is 0.350. The third kappa shape index (κ3) is 3.27. The molecule has 25 heavy (non-hydrogen) atoms. The first kappa shape index (κ1) is 15.8. The van der Waals surface area contributed by atoms with Crippen LogP contribution in [0.15, 0.2) is 45.4 Å². The maximum atomic E-state index is 12.1. The predicted octanol–water partition coefficient (Wildman–Crippen LogP) is 4.16. The smallest absolute Gasteiger partial charge is 0.258 e.